The van der Waals surface area contributed by atoms with Gasteiger partial charge in [0, 0.05) is 17.3 Å². The third-order valence-corrected chi connectivity index (χ3v) is 3.53. The number of anilines is 1. The maximum Gasteiger partial charge on any atom is 0.245 e. The van der Waals surface area contributed by atoms with E-state index in [9.17, 15) is 4.79 Å². The molecule has 18 heavy (non-hydrogen) atoms. The summed E-state index contributed by atoms with van der Waals surface area (Å²) in [6.07, 6.45) is 0.0475. The zero-order chi connectivity index (χ0) is 13.4. The van der Waals surface area contributed by atoms with Gasteiger partial charge in [-0.3, -0.25) is 4.79 Å². The molecule has 0 fully saturated rings. The first kappa shape index (κ1) is 13.2. The molecule has 0 saturated heterocycles. The van der Waals surface area contributed by atoms with Crippen molar-refractivity contribution in [1.29, 1.82) is 0 Å². The lowest BCUT2D eigenvalue weighted by molar-refractivity contribution is -0.116. The van der Waals surface area contributed by atoms with Gasteiger partial charge in [0.15, 0.2) is 0 Å². The number of nitrogens with one attached hydrogen (secondary N) is 1. The third kappa shape index (κ3) is 2.31. The summed E-state index contributed by atoms with van der Waals surface area (Å²) in [5, 5.41) is 3.19. The van der Waals surface area contributed by atoms with Crippen LogP contribution in [0.25, 0.3) is 0 Å². The SMILES string of the molecule is CC(C)C(C)Oc1cc2c(cc1Cl)C(N)C(=O)N2. The number of hydrogen-bond donors (Lipinski definition) is 2. The van der Waals surface area contributed by atoms with Gasteiger partial charge in [0.25, 0.3) is 0 Å². The van der Waals surface area contributed by atoms with Gasteiger partial charge < -0.3 is 15.8 Å². The minimum absolute atomic E-state index is 0.0475. The van der Waals surface area contributed by atoms with Crippen LogP contribution in [0.15, 0.2) is 12.1 Å². The monoisotopic (exact) mass is 268 g/mol. The average Bonchev–Trinajstić information content (AvgIpc) is 2.56. The first-order valence-corrected chi connectivity index (χ1v) is 6.34. The normalized spacial score (nSPS) is 19.7. The molecule has 0 spiro atoms. The zero-order valence-electron chi connectivity index (χ0n) is 10.7. The van der Waals surface area contributed by atoms with Crippen LogP contribution in [0.5, 0.6) is 5.75 Å². The summed E-state index contributed by atoms with van der Waals surface area (Å²) in [6.45, 7) is 6.13. The Hall–Kier alpha value is -1.26. The van der Waals surface area contributed by atoms with Crippen LogP contribution in [-0.2, 0) is 4.79 Å². The molecular weight excluding hydrogens is 252 g/mol. The Balaban J connectivity index is 2.30. The molecule has 98 valence electrons. The lowest BCUT2D eigenvalue weighted by Crippen LogP contribution is -2.19. The van der Waals surface area contributed by atoms with Gasteiger partial charge in [-0.15, -0.1) is 0 Å². The maximum atomic E-state index is 11.5. The lowest BCUT2D eigenvalue weighted by Gasteiger charge is -2.19. The van der Waals surface area contributed by atoms with Crippen molar-refractivity contribution < 1.29 is 9.53 Å². The Kier molecular flexibility index (Phi) is 3.50. The standard InChI is InChI=1S/C13H17ClN2O2/c1-6(2)7(3)18-11-5-10-8(4-9(11)14)12(15)13(17)16-10/h4-7,12H,15H2,1-3H3,(H,16,17). The highest BCUT2D eigenvalue weighted by Crippen LogP contribution is 2.38. The van der Waals surface area contributed by atoms with Crippen molar-refractivity contribution >= 4 is 23.2 Å². The van der Waals surface area contributed by atoms with Gasteiger partial charge in [-0.2, -0.15) is 0 Å². The van der Waals surface area contributed by atoms with Gasteiger partial charge in [-0.25, -0.2) is 0 Å². The van der Waals surface area contributed by atoms with Gasteiger partial charge >= 0.3 is 0 Å². The van der Waals surface area contributed by atoms with Crippen molar-refractivity contribution in [2.75, 3.05) is 5.32 Å². The van der Waals surface area contributed by atoms with Crippen LogP contribution in [0.3, 0.4) is 0 Å². The molecule has 0 bridgehead atoms. The van der Waals surface area contributed by atoms with Crippen LogP contribution in [0.4, 0.5) is 5.69 Å². The van der Waals surface area contributed by atoms with E-state index in [0.717, 1.165) is 5.56 Å². The number of ether oxygens (including phenoxy) is 1. The number of nitrogens with two attached hydrogens (primary N) is 1. The van der Waals surface area contributed by atoms with Crippen molar-refractivity contribution in [3.63, 3.8) is 0 Å². The van der Waals surface area contributed by atoms with Crippen molar-refractivity contribution in [3.8, 4) is 5.75 Å². The van der Waals surface area contributed by atoms with Gasteiger partial charge in [0.05, 0.1) is 11.1 Å². The highest BCUT2D eigenvalue weighted by atomic mass is 35.5. The number of hydrogen-bond acceptors (Lipinski definition) is 3. The fraction of sp³-hybridized carbons (Fsp3) is 0.462. The second-order valence-corrected chi connectivity index (χ2v) is 5.31. The molecule has 1 amide bonds. The van der Waals surface area contributed by atoms with Crippen LogP contribution in [0.2, 0.25) is 5.02 Å². The number of rotatable bonds is 3. The molecule has 0 aliphatic carbocycles. The molecule has 1 heterocycles. The van der Waals surface area contributed by atoms with Gasteiger partial charge in [-0.05, 0) is 18.9 Å². The summed E-state index contributed by atoms with van der Waals surface area (Å²) in [5.41, 5.74) is 7.15. The van der Waals surface area contributed by atoms with E-state index in [1.54, 1.807) is 12.1 Å². The van der Waals surface area contributed by atoms with Gasteiger partial charge in [-0.1, -0.05) is 25.4 Å². The minimum Gasteiger partial charge on any atom is -0.489 e. The van der Waals surface area contributed by atoms with E-state index in [1.807, 2.05) is 6.92 Å². The smallest absolute Gasteiger partial charge is 0.245 e. The summed E-state index contributed by atoms with van der Waals surface area (Å²) in [4.78, 5) is 11.5. The molecule has 5 heteroatoms. The van der Waals surface area contributed by atoms with Gasteiger partial charge in [0.2, 0.25) is 5.91 Å². The molecule has 2 atom stereocenters. The summed E-state index contributed by atoms with van der Waals surface area (Å²) in [6, 6.07) is 2.79. The predicted octanol–water partition coefficient (Wildman–Crippen LogP) is 2.72. The summed E-state index contributed by atoms with van der Waals surface area (Å²) in [5.74, 6) is 0.743. The fourth-order valence-electron chi connectivity index (χ4n) is 1.71. The minimum atomic E-state index is -0.644. The van der Waals surface area contributed by atoms with Crippen LogP contribution in [0.1, 0.15) is 32.4 Å². The van der Waals surface area contributed by atoms with E-state index < -0.39 is 6.04 Å². The third-order valence-electron chi connectivity index (χ3n) is 3.23. The maximum absolute atomic E-state index is 11.5. The number of benzene rings is 1. The Morgan fingerprint density at radius 3 is 2.67 bits per heavy atom. The number of fused-ring (bicyclic) bond motifs is 1. The Bertz CT molecular complexity index is 488. The quantitative estimate of drug-likeness (QED) is 0.886. The molecule has 0 aromatic heterocycles. The Morgan fingerprint density at radius 1 is 1.39 bits per heavy atom. The molecule has 1 aliphatic heterocycles. The first-order chi connectivity index (χ1) is 8.40. The Morgan fingerprint density at radius 2 is 2.06 bits per heavy atom. The van der Waals surface area contributed by atoms with Crippen LogP contribution >= 0.6 is 11.6 Å². The van der Waals surface area contributed by atoms with Gasteiger partial charge in [0.1, 0.15) is 11.8 Å². The molecule has 0 radical (unpaired) electrons. The highest BCUT2D eigenvalue weighted by molar-refractivity contribution is 6.32. The lowest BCUT2D eigenvalue weighted by atomic mass is 10.1. The molecule has 0 saturated carbocycles. The van der Waals surface area contributed by atoms with Crippen molar-refractivity contribution in [1.82, 2.24) is 0 Å². The highest BCUT2D eigenvalue weighted by Gasteiger charge is 2.28. The summed E-state index contributed by atoms with van der Waals surface area (Å²) in [7, 11) is 0. The van der Waals surface area contributed by atoms with E-state index in [1.165, 1.54) is 0 Å². The molecule has 1 aromatic carbocycles. The number of carbonyl (C=O) groups excluding carboxylic acids is 1. The molecule has 1 aromatic rings. The largest absolute Gasteiger partial charge is 0.489 e. The van der Waals surface area contributed by atoms with Crippen molar-refractivity contribution in [2.45, 2.75) is 32.9 Å². The van der Waals surface area contributed by atoms with Crippen molar-refractivity contribution in [2.24, 2.45) is 11.7 Å². The average molecular weight is 269 g/mol. The zero-order valence-corrected chi connectivity index (χ0v) is 11.4. The Labute approximate surface area is 111 Å². The van der Waals surface area contributed by atoms with Crippen molar-refractivity contribution in [3.05, 3.63) is 22.7 Å². The topological polar surface area (TPSA) is 64.3 Å². The molecule has 2 unspecified atom stereocenters. The molecular formula is C13H17ClN2O2. The number of amides is 1. The van der Waals surface area contributed by atoms with Crippen LogP contribution < -0.4 is 15.8 Å². The van der Waals surface area contributed by atoms with E-state index >= 15 is 0 Å². The number of halogens is 1. The number of carbonyl (C=O) groups is 1. The second-order valence-electron chi connectivity index (χ2n) is 4.90. The van der Waals surface area contributed by atoms with E-state index in [0.29, 0.717) is 22.4 Å². The second kappa shape index (κ2) is 4.78. The van der Waals surface area contributed by atoms with E-state index in [4.69, 9.17) is 22.1 Å². The van der Waals surface area contributed by atoms with Crippen LogP contribution in [0, 0.1) is 5.92 Å². The van der Waals surface area contributed by atoms with E-state index in [-0.39, 0.29) is 12.0 Å². The van der Waals surface area contributed by atoms with E-state index in [2.05, 4.69) is 19.2 Å². The molecule has 1 aliphatic rings. The predicted molar refractivity (Wildman–Crippen MR) is 71.9 cm³/mol. The molecule has 3 N–H and O–H groups in total. The molecule has 2 rings (SSSR count). The fourth-order valence-corrected chi connectivity index (χ4v) is 1.93. The van der Waals surface area contributed by atoms with Crippen LogP contribution in [-0.4, -0.2) is 12.0 Å². The molecule has 4 nitrogen and oxygen atoms in total. The first-order valence-electron chi connectivity index (χ1n) is 5.96. The summed E-state index contributed by atoms with van der Waals surface area (Å²) < 4.78 is 5.78. The summed E-state index contributed by atoms with van der Waals surface area (Å²) >= 11 is 6.15.